The molecule has 0 aliphatic carbocycles. The lowest BCUT2D eigenvalue weighted by Gasteiger charge is -2.11. The third-order valence-corrected chi connectivity index (χ3v) is 3.76. The third kappa shape index (κ3) is 6.04. The maximum Gasteiger partial charge on any atom is 0.252 e. The number of rotatable bonds is 7. The van der Waals surface area contributed by atoms with E-state index in [0.717, 1.165) is 0 Å². The summed E-state index contributed by atoms with van der Waals surface area (Å²) in [6.07, 6.45) is 0. The second kappa shape index (κ2) is 9.20. The van der Waals surface area contributed by atoms with Gasteiger partial charge in [-0.3, -0.25) is 9.59 Å². The van der Waals surface area contributed by atoms with Crippen molar-refractivity contribution in [2.75, 3.05) is 23.7 Å². The maximum atomic E-state index is 13.1. The smallest absolute Gasteiger partial charge is 0.252 e. The Kier molecular flexibility index (Phi) is 6.97. The molecule has 2 aromatic carbocycles. The average Bonchev–Trinajstić information content (AvgIpc) is 2.58. The van der Waals surface area contributed by atoms with Gasteiger partial charge in [0.1, 0.15) is 5.82 Å². The molecule has 2 amide bonds. The third-order valence-electron chi connectivity index (χ3n) is 3.45. The fourth-order valence-electron chi connectivity index (χ4n) is 2.16. The molecular formula is C19H21ClFN3O2. The van der Waals surface area contributed by atoms with Gasteiger partial charge < -0.3 is 16.0 Å². The van der Waals surface area contributed by atoms with E-state index in [4.69, 9.17) is 11.6 Å². The van der Waals surface area contributed by atoms with E-state index < -0.39 is 5.82 Å². The molecule has 0 bridgehead atoms. The minimum absolute atomic E-state index is 0.0221. The van der Waals surface area contributed by atoms with Crippen molar-refractivity contribution in [3.05, 3.63) is 58.9 Å². The number of carbonyl (C=O) groups is 2. The van der Waals surface area contributed by atoms with Gasteiger partial charge in [0.25, 0.3) is 5.91 Å². The van der Waals surface area contributed by atoms with E-state index >= 15 is 0 Å². The van der Waals surface area contributed by atoms with Crippen LogP contribution in [0.3, 0.4) is 0 Å². The van der Waals surface area contributed by atoms with Crippen molar-refractivity contribution in [3.8, 4) is 0 Å². The molecule has 0 fully saturated rings. The molecule has 0 spiro atoms. The first-order valence-corrected chi connectivity index (χ1v) is 8.60. The quantitative estimate of drug-likeness (QED) is 0.685. The number of amides is 2. The highest BCUT2D eigenvalue weighted by molar-refractivity contribution is 6.34. The number of nitrogens with one attached hydrogen (secondary N) is 3. The van der Waals surface area contributed by atoms with Crippen LogP contribution in [0.1, 0.15) is 24.2 Å². The van der Waals surface area contributed by atoms with Gasteiger partial charge in [-0.1, -0.05) is 31.5 Å². The highest BCUT2D eigenvalue weighted by atomic mass is 35.5. The van der Waals surface area contributed by atoms with Crippen LogP contribution in [-0.2, 0) is 4.79 Å². The van der Waals surface area contributed by atoms with E-state index in [1.54, 1.807) is 24.3 Å². The fraction of sp³-hybridized carbons (Fsp3) is 0.263. The Balaban J connectivity index is 1.90. The van der Waals surface area contributed by atoms with Crippen molar-refractivity contribution in [3.63, 3.8) is 0 Å². The molecule has 2 rings (SSSR count). The molecule has 0 aliphatic heterocycles. The van der Waals surface area contributed by atoms with Gasteiger partial charge in [0.2, 0.25) is 5.91 Å². The molecule has 0 saturated carbocycles. The van der Waals surface area contributed by atoms with Crippen LogP contribution in [0, 0.1) is 11.7 Å². The van der Waals surface area contributed by atoms with Crippen LogP contribution < -0.4 is 16.0 Å². The molecule has 0 heterocycles. The first-order valence-electron chi connectivity index (χ1n) is 8.22. The van der Waals surface area contributed by atoms with Gasteiger partial charge in [-0.15, -0.1) is 0 Å². The lowest BCUT2D eigenvalue weighted by molar-refractivity contribution is -0.114. The van der Waals surface area contributed by atoms with Gasteiger partial charge in [-0.05, 0) is 42.3 Å². The minimum Gasteiger partial charge on any atom is -0.376 e. The Morgan fingerprint density at radius 1 is 1.12 bits per heavy atom. The summed E-state index contributed by atoms with van der Waals surface area (Å²) in [5.74, 6) is -0.645. The molecule has 138 valence electrons. The predicted molar refractivity (Wildman–Crippen MR) is 102 cm³/mol. The molecule has 0 atom stereocenters. The first kappa shape index (κ1) is 19.7. The molecule has 0 unspecified atom stereocenters. The molecule has 2 aromatic rings. The summed E-state index contributed by atoms with van der Waals surface area (Å²) in [5.41, 5.74) is 1.36. The monoisotopic (exact) mass is 377 g/mol. The van der Waals surface area contributed by atoms with Crippen LogP contribution in [0.25, 0.3) is 0 Å². The summed E-state index contributed by atoms with van der Waals surface area (Å²) in [6, 6.07) is 10.5. The second-order valence-electron chi connectivity index (χ2n) is 6.21. The Labute approximate surface area is 156 Å². The summed E-state index contributed by atoms with van der Waals surface area (Å²) >= 11 is 6.16. The van der Waals surface area contributed by atoms with E-state index in [0.29, 0.717) is 34.4 Å². The van der Waals surface area contributed by atoms with E-state index in [1.807, 2.05) is 13.8 Å². The highest BCUT2D eigenvalue weighted by Crippen LogP contribution is 2.21. The molecule has 7 heteroatoms. The van der Waals surface area contributed by atoms with Gasteiger partial charge in [-0.25, -0.2) is 4.39 Å². The Morgan fingerprint density at radius 3 is 2.54 bits per heavy atom. The largest absolute Gasteiger partial charge is 0.376 e. The van der Waals surface area contributed by atoms with Crippen molar-refractivity contribution in [1.29, 1.82) is 0 Å². The number of hydrogen-bond acceptors (Lipinski definition) is 3. The van der Waals surface area contributed by atoms with Crippen LogP contribution in [-0.4, -0.2) is 24.9 Å². The first-order chi connectivity index (χ1) is 12.3. The summed E-state index contributed by atoms with van der Waals surface area (Å²) in [6.45, 7) is 4.55. The lowest BCUT2D eigenvalue weighted by atomic mass is 10.1. The molecule has 0 aliphatic rings. The standard InChI is InChI=1S/C19H21ClFN3O2/c1-12(2)10-23-19(26)16-7-6-14(9-17(16)20)22-11-18(25)24-15-5-3-4-13(21)8-15/h3-9,12,22H,10-11H2,1-2H3,(H,23,26)(H,24,25). The van der Waals surface area contributed by atoms with E-state index in [9.17, 15) is 14.0 Å². The molecular weight excluding hydrogens is 357 g/mol. The maximum absolute atomic E-state index is 13.1. The molecule has 0 saturated heterocycles. The van der Waals surface area contributed by atoms with Gasteiger partial charge in [0.15, 0.2) is 0 Å². The number of benzene rings is 2. The summed E-state index contributed by atoms with van der Waals surface area (Å²) < 4.78 is 13.1. The van der Waals surface area contributed by atoms with Crippen LogP contribution in [0.4, 0.5) is 15.8 Å². The normalized spacial score (nSPS) is 10.5. The fourth-order valence-corrected chi connectivity index (χ4v) is 2.42. The molecule has 3 N–H and O–H groups in total. The predicted octanol–water partition coefficient (Wildman–Crippen LogP) is 3.92. The van der Waals surface area contributed by atoms with Crippen molar-refractivity contribution in [2.24, 2.45) is 5.92 Å². The average molecular weight is 378 g/mol. The molecule has 0 aromatic heterocycles. The van der Waals surface area contributed by atoms with Gasteiger partial charge >= 0.3 is 0 Å². The summed E-state index contributed by atoms with van der Waals surface area (Å²) in [7, 11) is 0. The van der Waals surface area contributed by atoms with Gasteiger partial charge in [-0.2, -0.15) is 0 Å². The van der Waals surface area contributed by atoms with Crippen molar-refractivity contribution in [1.82, 2.24) is 5.32 Å². The Morgan fingerprint density at radius 2 is 1.88 bits per heavy atom. The molecule has 26 heavy (non-hydrogen) atoms. The number of anilines is 2. The topological polar surface area (TPSA) is 70.2 Å². The second-order valence-corrected chi connectivity index (χ2v) is 6.62. The zero-order valence-corrected chi connectivity index (χ0v) is 15.4. The minimum atomic E-state index is -0.422. The zero-order valence-electron chi connectivity index (χ0n) is 14.6. The van der Waals surface area contributed by atoms with Crippen LogP contribution in [0.5, 0.6) is 0 Å². The van der Waals surface area contributed by atoms with Crippen LogP contribution >= 0.6 is 11.6 Å². The zero-order chi connectivity index (χ0) is 19.1. The van der Waals surface area contributed by atoms with Crippen LogP contribution in [0.2, 0.25) is 5.02 Å². The molecule has 5 nitrogen and oxygen atoms in total. The van der Waals surface area contributed by atoms with E-state index in [-0.39, 0.29) is 18.4 Å². The number of carbonyl (C=O) groups excluding carboxylic acids is 2. The van der Waals surface area contributed by atoms with Crippen molar-refractivity contribution >= 4 is 34.8 Å². The summed E-state index contributed by atoms with van der Waals surface area (Å²) in [5, 5.41) is 8.60. The van der Waals surface area contributed by atoms with E-state index in [1.165, 1.54) is 18.2 Å². The molecule has 0 radical (unpaired) electrons. The number of hydrogen-bond donors (Lipinski definition) is 3. The van der Waals surface area contributed by atoms with Crippen LogP contribution in [0.15, 0.2) is 42.5 Å². The Hall–Kier alpha value is -2.60. The Bertz CT molecular complexity index is 796. The lowest BCUT2D eigenvalue weighted by Crippen LogP contribution is -2.27. The van der Waals surface area contributed by atoms with Crippen molar-refractivity contribution < 1.29 is 14.0 Å². The summed E-state index contributed by atoms with van der Waals surface area (Å²) in [4.78, 5) is 24.0. The van der Waals surface area contributed by atoms with Crippen molar-refractivity contribution in [2.45, 2.75) is 13.8 Å². The highest BCUT2D eigenvalue weighted by Gasteiger charge is 2.11. The SMILES string of the molecule is CC(C)CNC(=O)c1ccc(NCC(=O)Nc2cccc(F)c2)cc1Cl. The van der Waals surface area contributed by atoms with Gasteiger partial charge in [0.05, 0.1) is 17.1 Å². The van der Waals surface area contributed by atoms with Gasteiger partial charge in [0, 0.05) is 17.9 Å². The van der Waals surface area contributed by atoms with E-state index in [2.05, 4.69) is 16.0 Å². The number of halogens is 2.